The van der Waals surface area contributed by atoms with Gasteiger partial charge < -0.3 is 10.1 Å². The second kappa shape index (κ2) is 4.87. The number of hydrogen-bond donors (Lipinski definition) is 1. The number of carbonyl (C=O) groups is 1. The maximum absolute atomic E-state index is 12.0. The quantitative estimate of drug-likeness (QED) is 0.826. The van der Waals surface area contributed by atoms with Gasteiger partial charge in [0.2, 0.25) is 0 Å². The first kappa shape index (κ1) is 12.5. The molecule has 1 aliphatic carbocycles. The Labute approximate surface area is 114 Å². The molecule has 0 saturated heterocycles. The van der Waals surface area contributed by atoms with Crippen molar-refractivity contribution >= 4 is 11.7 Å². The molecule has 1 aliphatic heterocycles. The van der Waals surface area contributed by atoms with Crippen LogP contribution in [0, 0.1) is 0 Å². The van der Waals surface area contributed by atoms with Crippen LogP contribution < -0.4 is 5.32 Å². The van der Waals surface area contributed by atoms with E-state index in [1.54, 1.807) is 0 Å². The molecule has 1 heterocycles. The number of nitrogens with one attached hydrogen (secondary N) is 1. The Kier molecular flexibility index (Phi) is 3.21. The summed E-state index contributed by atoms with van der Waals surface area (Å²) < 4.78 is 5.16. The Balaban J connectivity index is 1.90. The summed E-state index contributed by atoms with van der Waals surface area (Å²) in [6.45, 7) is 2.28. The van der Waals surface area contributed by atoms with Crippen LogP contribution in [-0.4, -0.2) is 18.1 Å². The number of esters is 1. The van der Waals surface area contributed by atoms with Gasteiger partial charge in [0.05, 0.1) is 12.2 Å². The molecule has 102 valence electrons. The van der Waals surface area contributed by atoms with Crippen molar-refractivity contribution in [1.29, 1.82) is 0 Å². The maximum Gasteiger partial charge on any atom is 0.338 e. The molecule has 0 amide bonds. The zero-order valence-electron chi connectivity index (χ0n) is 11.5. The fourth-order valence-corrected chi connectivity index (χ4v) is 3.49. The van der Waals surface area contributed by atoms with Gasteiger partial charge in [-0.15, -0.1) is 0 Å². The first-order valence-electron chi connectivity index (χ1n) is 7.31. The van der Waals surface area contributed by atoms with Gasteiger partial charge in [-0.1, -0.05) is 25.3 Å². The van der Waals surface area contributed by atoms with Gasteiger partial charge in [-0.05, 0) is 43.9 Å². The van der Waals surface area contributed by atoms with E-state index in [1.165, 1.54) is 32.1 Å². The van der Waals surface area contributed by atoms with E-state index in [9.17, 15) is 4.79 Å². The first-order chi connectivity index (χ1) is 9.24. The van der Waals surface area contributed by atoms with E-state index in [1.807, 2.05) is 19.1 Å². The van der Waals surface area contributed by atoms with Gasteiger partial charge in [0.1, 0.15) is 0 Å². The molecular weight excluding hydrogens is 238 g/mol. The molecule has 0 bridgehead atoms. The van der Waals surface area contributed by atoms with Crippen LogP contribution in [-0.2, 0) is 11.2 Å². The van der Waals surface area contributed by atoms with Crippen molar-refractivity contribution in [3.8, 4) is 0 Å². The molecule has 0 atom stereocenters. The molecule has 3 heteroatoms. The number of carbonyl (C=O) groups excluding carboxylic acids is 1. The van der Waals surface area contributed by atoms with Crippen molar-refractivity contribution in [1.82, 2.24) is 0 Å². The lowest BCUT2D eigenvalue weighted by Gasteiger charge is -2.34. The Bertz CT molecular complexity index is 490. The van der Waals surface area contributed by atoms with Gasteiger partial charge in [0.25, 0.3) is 0 Å². The van der Waals surface area contributed by atoms with E-state index in [4.69, 9.17) is 4.74 Å². The summed E-state index contributed by atoms with van der Waals surface area (Å²) in [6, 6.07) is 5.92. The van der Waals surface area contributed by atoms with Crippen LogP contribution in [0.5, 0.6) is 0 Å². The van der Waals surface area contributed by atoms with Crippen molar-refractivity contribution in [2.24, 2.45) is 0 Å². The first-order valence-corrected chi connectivity index (χ1v) is 7.31. The smallest absolute Gasteiger partial charge is 0.338 e. The molecule has 1 saturated carbocycles. The number of anilines is 1. The molecule has 1 aromatic carbocycles. The summed E-state index contributed by atoms with van der Waals surface area (Å²) in [5, 5.41) is 3.68. The molecule has 2 aliphatic rings. The summed E-state index contributed by atoms with van der Waals surface area (Å²) in [7, 11) is 0. The molecule has 1 fully saturated rings. The molecule has 0 unspecified atom stereocenters. The predicted molar refractivity (Wildman–Crippen MR) is 75.5 cm³/mol. The van der Waals surface area contributed by atoms with Crippen LogP contribution in [0.15, 0.2) is 18.2 Å². The second-order valence-corrected chi connectivity index (χ2v) is 5.69. The summed E-state index contributed by atoms with van der Waals surface area (Å²) in [5.74, 6) is -0.186. The molecule has 1 N–H and O–H groups in total. The van der Waals surface area contributed by atoms with Crippen molar-refractivity contribution in [3.05, 3.63) is 29.3 Å². The lowest BCUT2D eigenvalue weighted by atomic mass is 9.79. The lowest BCUT2D eigenvalue weighted by molar-refractivity contribution is 0.0525. The normalized spacial score (nSPS) is 19.8. The minimum atomic E-state index is -0.186. The molecule has 3 nitrogen and oxygen atoms in total. The summed E-state index contributed by atoms with van der Waals surface area (Å²) >= 11 is 0. The van der Waals surface area contributed by atoms with Crippen molar-refractivity contribution in [2.45, 2.75) is 51.0 Å². The van der Waals surface area contributed by atoms with E-state index in [0.717, 1.165) is 23.2 Å². The minimum Gasteiger partial charge on any atom is -0.462 e. The highest BCUT2D eigenvalue weighted by atomic mass is 16.5. The van der Waals surface area contributed by atoms with Crippen LogP contribution in [0.4, 0.5) is 5.69 Å². The number of ether oxygens (including phenoxy) is 1. The average Bonchev–Trinajstić information content (AvgIpc) is 2.76. The Morgan fingerprint density at radius 2 is 2.11 bits per heavy atom. The van der Waals surface area contributed by atoms with E-state index in [2.05, 4.69) is 11.4 Å². The summed E-state index contributed by atoms with van der Waals surface area (Å²) in [4.78, 5) is 12.0. The van der Waals surface area contributed by atoms with Gasteiger partial charge in [0.15, 0.2) is 0 Å². The molecular formula is C16H21NO2. The summed E-state index contributed by atoms with van der Waals surface area (Å²) in [6.07, 6.45) is 7.31. The predicted octanol–water partition coefficient (Wildman–Crippen LogP) is 3.53. The topological polar surface area (TPSA) is 38.3 Å². The number of fused-ring (bicyclic) bond motifs is 1. The van der Waals surface area contributed by atoms with Gasteiger partial charge in [-0.25, -0.2) is 4.79 Å². The van der Waals surface area contributed by atoms with Gasteiger partial charge in [-0.3, -0.25) is 0 Å². The lowest BCUT2D eigenvalue weighted by Crippen LogP contribution is -2.38. The van der Waals surface area contributed by atoms with Crippen molar-refractivity contribution in [2.75, 3.05) is 11.9 Å². The number of benzene rings is 1. The third-order valence-corrected chi connectivity index (χ3v) is 4.40. The number of rotatable bonds is 2. The molecule has 0 aromatic heterocycles. The highest BCUT2D eigenvalue weighted by Gasteiger charge is 2.39. The van der Waals surface area contributed by atoms with E-state index in [0.29, 0.717) is 6.61 Å². The van der Waals surface area contributed by atoms with Crippen LogP contribution in [0.2, 0.25) is 0 Å². The van der Waals surface area contributed by atoms with E-state index < -0.39 is 0 Å². The highest BCUT2D eigenvalue weighted by molar-refractivity contribution is 5.93. The monoisotopic (exact) mass is 259 g/mol. The fourth-order valence-electron chi connectivity index (χ4n) is 3.49. The Morgan fingerprint density at radius 3 is 2.84 bits per heavy atom. The Morgan fingerprint density at radius 1 is 1.32 bits per heavy atom. The zero-order chi connectivity index (χ0) is 13.3. The molecule has 3 rings (SSSR count). The van der Waals surface area contributed by atoms with Crippen molar-refractivity contribution in [3.63, 3.8) is 0 Å². The highest BCUT2D eigenvalue weighted by Crippen LogP contribution is 2.42. The fraction of sp³-hybridized carbons (Fsp3) is 0.562. The van der Waals surface area contributed by atoms with Gasteiger partial charge >= 0.3 is 5.97 Å². The minimum absolute atomic E-state index is 0.186. The molecule has 19 heavy (non-hydrogen) atoms. The molecule has 1 aromatic rings. The van der Waals surface area contributed by atoms with E-state index in [-0.39, 0.29) is 11.5 Å². The van der Waals surface area contributed by atoms with Crippen LogP contribution >= 0.6 is 0 Å². The average molecular weight is 259 g/mol. The molecule has 1 spiro atoms. The standard InChI is InChI=1S/C16H21NO2/c1-2-19-15(18)12-7-6-8-14-13(12)11-16(17-14)9-4-3-5-10-16/h6-8,17H,2-5,9-11H2,1H3. The largest absolute Gasteiger partial charge is 0.462 e. The third kappa shape index (κ3) is 2.22. The third-order valence-electron chi connectivity index (χ3n) is 4.40. The van der Waals surface area contributed by atoms with Crippen LogP contribution in [0.1, 0.15) is 54.9 Å². The van der Waals surface area contributed by atoms with E-state index >= 15 is 0 Å². The zero-order valence-corrected chi connectivity index (χ0v) is 11.5. The second-order valence-electron chi connectivity index (χ2n) is 5.69. The van der Waals surface area contributed by atoms with Gasteiger partial charge in [-0.2, -0.15) is 0 Å². The van der Waals surface area contributed by atoms with Gasteiger partial charge in [0, 0.05) is 11.2 Å². The maximum atomic E-state index is 12.0. The SMILES string of the molecule is CCOC(=O)c1cccc2c1CC1(CCCCC1)N2. The summed E-state index contributed by atoms with van der Waals surface area (Å²) in [5.41, 5.74) is 3.23. The molecule has 0 radical (unpaired) electrons. The number of hydrogen-bond acceptors (Lipinski definition) is 3. The van der Waals surface area contributed by atoms with Crippen LogP contribution in [0.25, 0.3) is 0 Å². The van der Waals surface area contributed by atoms with Crippen LogP contribution in [0.3, 0.4) is 0 Å². The Hall–Kier alpha value is -1.51. The van der Waals surface area contributed by atoms with Crippen molar-refractivity contribution < 1.29 is 9.53 Å².